The molecule has 34 heavy (non-hydrogen) atoms. The first kappa shape index (κ1) is 24.5. The summed E-state index contributed by atoms with van der Waals surface area (Å²) in [4.78, 5) is 2.69. The third-order valence-corrected chi connectivity index (χ3v) is 10.2. The SMILES string of the molecule is CCC/C(=C(\c1ccc(O)cc1)c1ccc([Si](C)(C)CN2CCCCC2)cc1)c1ccccc1. The highest BCUT2D eigenvalue weighted by molar-refractivity contribution is 6.90. The van der Waals surface area contributed by atoms with E-state index in [0.29, 0.717) is 5.75 Å². The van der Waals surface area contributed by atoms with Crippen molar-refractivity contribution in [2.75, 3.05) is 19.3 Å². The van der Waals surface area contributed by atoms with E-state index in [4.69, 9.17) is 0 Å². The number of hydrogen-bond acceptors (Lipinski definition) is 2. The van der Waals surface area contributed by atoms with Gasteiger partial charge in [0.05, 0.1) is 8.07 Å². The summed E-state index contributed by atoms with van der Waals surface area (Å²) < 4.78 is 0. The summed E-state index contributed by atoms with van der Waals surface area (Å²) in [7, 11) is -1.54. The Morgan fingerprint density at radius 1 is 0.765 bits per heavy atom. The van der Waals surface area contributed by atoms with Crippen molar-refractivity contribution in [2.24, 2.45) is 0 Å². The van der Waals surface area contributed by atoms with Crippen molar-refractivity contribution in [1.82, 2.24) is 4.90 Å². The molecule has 3 aromatic rings. The van der Waals surface area contributed by atoms with Crippen LogP contribution in [0.4, 0.5) is 0 Å². The van der Waals surface area contributed by atoms with E-state index in [1.165, 1.54) is 66.0 Å². The highest BCUT2D eigenvalue weighted by atomic mass is 28.3. The van der Waals surface area contributed by atoms with Crippen LogP contribution in [-0.2, 0) is 0 Å². The number of benzene rings is 3. The second kappa shape index (κ2) is 11.2. The van der Waals surface area contributed by atoms with Gasteiger partial charge in [0.1, 0.15) is 5.75 Å². The summed E-state index contributed by atoms with van der Waals surface area (Å²) in [5.74, 6) is 0.306. The van der Waals surface area contributed by atoms with Crippen molar-refractivity contribution in [3.63, 3.8) is 0 Å². The lowest BCUT2D eigenvalue weighted by Crippen LogP contribution is -2.52. The van der Waals surface area contributed by atoms with Crippen LogP contribution in [0.2, 0.25) is 13.1 Å². The Balaban J connectivity index is 1.74. The molecule has 1 aliphatic rings. The zero-order valence-electron chi connectivity index (χ0n) is 21.1. The average Bonchev–Trinajstić information content (AvgIpc) is 2.86. The number of piperidine rings is 1. The van der Waals surface area contributed by atoms with Gasteiger partial charge in [-0.2, -0.15) is 0 Å². The fraction of sp³-hybridized carbons (Fsp3) is 0.355. The minimum atomic E-state index is -1.54. The van der Waals surface area contributed by atoms with Gasteiger partial charge in [-0.05, 0) is 78.5 Å². The normalized spacial score (nSPS) is 15.7. The summed E-state index contributed by atoms with van der Waals surface area (Å²) in [6.07, 6.45) is 7.43. The molecule has 2 nitrogen and oxygen atoms in total. The van der Waals surface area contributed by atoms with Crippen LogP contribution in [0.15, 0.2) is 78.9 Å². The van der Waals surface area contributed by atoms with Gasteiger partial charge < -0.3 is 10.0 Å². The number of rotatable bonds is 8. The summed E-state index contributed by atoms with van der Waals surface area (Å²) in [5.41, 5.74) is 6.32. The molecule has 0 spiro atoms. The van der Waals surface area contributed by atoms with Crippen LogP contribution in [0.1, 0.15) is 55.7 Å². The maximum atomic E-state index is 9.91. The molecule has 3 heteroatoms. The molecule has 0 unspecified atom stereocenters. The van der Waals surface area contributed by atoms with E-state index in [2.05, 4.69) is 79.5 Å². The van der Waals surface area contributed by atoms with Crippen LogP contribution in [0.5, 0.6) is 5.75 Å². The summed E-state index contributed by atoms with van der Waals surface area (Å²) in [6, 6.07) is 27.9. The van der Waals surface area contributed by atoms with E-state index in [1.54, 1.807) is 12.1 Å². The monoisotopic (exact) mass is 469 g/mol. The minimum absolute atomic E-state index is 0.306. The smallest absolute Gasteiger partial charge is 0.115 e. The number of nitrogens with zero attached hydrogens (tertiary/aromatic N) is 1. The van der Waals surface area contributed by atoms with Crippen LogP contribution in [0, 0.1) is 0 Å². The van der Waals surface area contributed by atoms with E-state index in [0.717, 1.165) is 18.4 Å². The molecular weight excluding hydrogens is 430 g/mol. The zero-order valence-corrected chi connectivity index (χ0v) is 22.1. The maximum Gasteiger partial charge on any atom is 0.115 e. The maximum absolute atomic E-state index is 9.91. The molecule has 3 aromatic carbocycles. The van der Waals surface area contributed by atoms with E-state index >= 15 is 0 Å². The Morgan fingerprint density at radius 3 is 1.94 bits per heavy atom. The molecule has 0 aliphatic carbocycles. The molecule has 0 atom stereocenters. The van der Waals surface area contributed by atoms with Crippen molar-refractivity contribution in [3.05, 3.63) is 95.6 Å². The lowest BCUT2D eigenvalue weighted by molar-refractivity contribution is 0.260. The summed E-state index contributed by atoms with van der Waals surface area (Å²) in [6.45, 7) is 9.80. The topological polar surface area (TPSA) is 23.5 Å². The molecule has 1 heterocycles. The molecule has 0 radical (unpaired) electrons. The number of hydrogen-bond donors (Lipinski definition) is 1. The van der Waals surface area contributed by atoms with Crippen molar-refractivity contribution >= 4 is 24.4 Å². The second-order valence-electron chi connectivity index (χ2n) is 10.3. The van der Waals surface area contributed by atoms with Crippen molar-refractivity contribution in [3.8, 4) is 5.75 Å². The summed E-state index contributed by atoms with van der Waals surface area (Å²) >= 11 is 0. The van der Waals surface area contributed by atoms with Gasteiger partial charge in [0.25, 0.3) is 0 Å². The molecule has 1 aliphatic heterocycles. The minimum Gasteiger partial charge on any atom is -0.508 e. The number of allylic oxidation sites excluding steroid dienone is 1. The molecule has 1 saturated heterocycles. The van der Waals surface area contributed by atoms with Gasteiger partial charge in [-0.3, -0.25) is 0 Å². The molecule has 0 amide bonds. The lowest BCUT2D eigenvalue weighted by Gasteiger charge is -2.34. The van der Waals surface area contributed by atoms with Crippen molar-refractivity contribution in [2.45, 2.75) is 52.1 Å². The predicted molar refractivity (Wildman–Crippen MR) is 149 cm³/mol. The van der Waals surface area contributed by atoms with Crippen molar-refractivity contribution < 1.29 is 5.11 Å². The molecule has 1 fully saturated rings. The standard InChI is InChI=1S/C31H39NOSi/c1-4-11-30(25-12-7-5-8-13-25)31(26-14-18-28(33)19-15-26)27-16-20-29(21-17-27)34(2,3)24-32-22-9-6-10-23-32/h5,7-8,12-21,33H,4,6,9-11,22-24H2,1-3H3/b31-30-. The lowest BCUT2D eigenvalue weighted by atomic mass is 9.87. The quantitative estimate of drug-likeness (QED) is 0.281. The number of phenolic OH excluding ortho intramolecular Hbond substituents is 1. The Labute approximate surface area is 207 Å². The third kappa shape index (κ3) is 5.89. The van der Waals surface area contributed by atoms with Gasteiger partial charge >= 0.3 is 0 Å². The van der Waals surface area contributed by atoms with Crippen molar-refractivity contribution in [1.29, 1.82) is 0 Å². The molecule has 0 saturated carbocycles. The first-order valence-electron chi connectivity index (χ1n) is 12.9. The highest BCUT2D eigenvalue weighted by Crippen LogP contribution is 2.35. The Kier molecular flexibility index (Phi) is 8.07. The van der Waals surface area contributed by atoms with E-state index in [-0.39, 0.29) is 0 Å². The average molecular weight is 470 g/mol. The molecule has 0 bridgehead atoms. The Hall–Kier alpha value is -2.62. The first-order valence-corrected chi connectivity index (χ1v) is 16.1. The van der Waals surface area contributed by atoms with Gasteiger partial charge in [-0.1, -0.05) is 105 Å². The van der Waals surface area contributed by atoms with Gasteiger partial charge in [0, 0.05) is 0 Å². The summed E-state index contributed by atoms with van der Waals surface area (Å²) in [5, 5.41) is 11.4. The number of phenols is 1. The molecule has 4 rings (SSSR count). The fourth-order valence-electron chi connectivity index (χ4n) is 5.30. The fourth-order valence-corrected chi connectivity index (χ4v) is 7.99. The Bertz CT molecular complexity index is 1080. The van der Waals surface area contributed by atoms with Crippen LogP contribution in [0.25, 0.3) is 11.1 Å². The number of aromatic hydroxyl groups is 1. The van der Waals surface area contributed by atoms with E-state index < -0.39 is 8.07 Å². The Morgan fingerprint density at radius 2 is 1.35 bits per heavy atom. The van der Waals surface area contributed by atoms with Gasteiger partial charge in [0.15, 0.2) is 0 Å². The zero-order chi connectivity index (χ0) is 24.0. The third-order valence-electron chi connectivity index (χ3n) is 7.10. The molecular formula is C31H39NOSi. The highest BCUT2D eigenvalue weighted by Gasteiger charge is 2.27. The van der Waals surface area contributed by atoms with Crippen LogP contribution in [-0.4, -0.2) is 37.3 Å². The second-order valence-corrected chi connectivity index (χ2v) is 15.0. The van der Waals surface area contributed by atoms with Gasteiger partial charge in [-0.25, -0.2) is 0 Å². The number of likely N-dealkylation sites (tertiary alicyclic amines) is 1. The largest absolute Gasteiger partial charge is 0.508 e. The van der Waals surface area contributed by atoms with Crippen LogP contribution < -0.4 is 5.19 Å². The van der Waals surface area contributed by atoms with Crippen LogP contribution >= 0.6 is 0 Å². The predicted octanol–water partition coefficient (Wildman–Crippen LogP) is 7.09. The molecule has 1 N–H and O–H groups in total. The molecule has 0 aromatic heterocycles. The van der Waals surface area contributed by atoms with E-state index in [1.807, 2.05) is 12.1 Å². The van der Waals surface area contributed by atoms with Crippen LogP contribution in [0.3, 0.4) is 0 Å². The molecule has 178 valence electrons. The van der Waals surface area contributed by atoms with E-state index in [9.17, 15) is 5.11 Å². The van der Waals surface area contributed by atoms with Gasteiger partial charge in [-0.15, -0.1) is 0 Å². The first-order chi connectivity index (χ1) is 16.5. The van der Waals surface area contributed by atoms with Gasteiger partial charge in [0.2, 0.25) is 0 Å².